The van der Waals surface area contributed by atoms with Crippen molar-refractivity contribution in [2.24, 2.45) is 0 Å². The van der Waals surface area contributed by atoms with Crippen LogP contribution in [0.2, 0.25) is 5.15 Å². The Balaban J connectivity index is 2.20. The molecule has 2 rings (SSSR count). The van der Waals surface area contributed by atoms with Crippen LogP contribution in [0.5, 0.6) is 0 Å². The molecule has 1 fully saturated rings. The Bertz CT molecular complexity index is 463. The Hall–Kier alpha value is -1.69. The number of rotatable bonds is 2. The molecule has 0 radical (unpaired) electrons. The van der Waals surface area contributed by atoms with Crippen molar-refractivity contribution in [3.05, 3.63) is 23.0 Å². The van der Waals surface area contributed by atoms with E-state index in [0.717, 1.165) is 12.8 Å². The first-order valence-electron chi connectivity index (χ1n) is 5.62. The van der Waals surface area contributed by atoms with E-state index < -0.39 is 17.9 Å². The van der Waals surface area contributed by atoms with Crippen LogP contribution >= 0.6 is 11.6 Å². The average Bonchev–Trinajstić information content (AvgIpc) is 2.39. The van der Waals surface area contributed by atoms with Crippen LogP contribution < -0.4 is 0 Å². The molecule has 1 N–H and O–H groups in total. The van der Waals surface area contributed by atoms with E-state index in [9.17, 15) is 9.59 Å². The van der Waals surface area contributed by atoms with Crippen LogP contribution in [0.4, 0.5) is 0 Å². The summed E-state index contributed by atoms with van der Waals surface area (Å²) in [6.45, 7) is 0.431. The van der Waals surface area contributed by atoms with E-state index in [0.29, 0.717) is 13.0 Å². The maximum atomic E-state index is 12.1. The van der Waals surface area contributed by atoms with Gasteiger partial charge in [-0.15, -0.1) is 10.2 Å². The van der Waals surface area contributed by atoms with Gasteiger partial charge in [0.25, 0.3) is 5.91 Å². The summed E-state index contributed by atoms with van der Waals surface area (Å²) in [6, 6.07) is 2.14. The minimum atomic E-state index is -0.982. The van der Waals surface area contributed by atoms with Crippen molar-refractivity contribution in [1.29, 1.82) is 0 Å². The second kappa shape index (κ2) is 5.30. The lowest BCUT2D eigenvalue weighted by molar-refractivity contribution is -0.143. The van der Waals surface area contributed by atoms with Crippen LogP contribution in [-0.2, 0) is 4.79 Å². The number of piperidine rings is 1. The minimum absolute atomic E-state index is 0.118. The lowest BCUT2D eigenvalue weighted by atomic mass is 10.0. The molecule has 18 heavy (non-hydrogen) atoms. The van der Waals surface area contributed by atoms with Gasteiger partial charge in [0, 0.05) is 6.54 Å². The third-order valence-electron chi connectivity index (χ3n) is 2.90. The molecule has 1 aliphatic heterocycles. The molecule has 7 heteroatoms. The maximum absolute atomic E-state index is 12.1. The molecule has 0 aromatic carbocycles. The summed E-state index contributed by atoms with van der Waals surface area (Å²) in [4.78, 5) is 24.6. The zero-order valence-corrected chi connectivity index (χ0v) is 10.3. The highest BCUT2D eigenvalue weighted by Gasteiger charge is 2.33. The van der Waals surface area contributed by atoms with E-state index in [-0.39, 0.29) is 10.8 Å². The van der Waals surface area contributed by atoms with Gasteiger partial charge in [0.2, 0.25) is 0 Å². The van der Waals surface area contributed by atoms with Crippen molar-refractivity contribution in [3.8, 4) is 0 Å². The predicted octanol–water partition coefficient (Wildman–Crippen LogP) is 1.21. The van der Waals surface area contributed by atoms with Gasteiger partial charge in [-0.2, -0.15) is 0 Å². The molecule has 0 bridgehead atoms. The second-order valence-electron chi connectivity index (χ2n) is 4.09. The van der Waals surface area contributed by atoms with Crippen molar-refractivity contribution in [2.75, 3.05) is 6.54 Å². The van der Waals surface area contributed by atoms with E-state index in [4.69, 9.17) is 16.7 Å². The molecule has 1 unspecified atom stereocenters. The molecule has 1 amide bonds. The van der Waals surface area contributed by atoms with E-state index in [1.807, 2.05) is 0 Å². The highest BCUT2D eigenvalue weighted by Crippen LogP contribution is 2.19. The number of aliphatic carboxylic acids is 1. The lowest BCUT2D eigenvalue weighted by Gasteiger charge is -2.32. The number of carbonyl (C=O) groups is 2. The molecule has 1 atom stereocenters. The van der Waals surface area contributed by atoms with E-state index in [1.165, 1.54) is 17.0 Å². The number of aromatic nitrogens is 2. The highest BCUT2D eigenvalue weighted by molar-refractivity contribution is 6.29. The van der Waals surface area contributed by atoms with Gasteiger partial charge in [-0.1, -0.05) is 11.6 Å². The topological polar surface area (TPSA) is 83.4 Å². The number of carbonyl (C=O) groups excluding carboxylic acids is 1. The number of nitrogens with zero attached hydrogens (tertiary/aromatic N) is 3. The zero-order chi connectivity index (χ0) is 13.1. The van der Waals surface area contributed by atoms with Crippen LogP contribution in [0.3, 0.4) is 0 Å². The van der Waals surface area contributed by atoms with Crippen molar-refractivity contribution >= 4 is 23.5 Å². The molecule has 0 aliphatic carbocycles. The number of hydrogen-bond donors (Lipinski definition) is 1. The molecule has 1 aromatic heterocycles. The first-order chi connectivity index (χ1) is 8.59. The monoisotopic (exact) mass is 269 g/mol. The Labute approximate surface area is 109 Å². The SMILES string of the molecule is O=C(O)C1CCCCN1C(=O)c1ccc(Cl)nn1. The normalized spacial score (nSPS) is 19.6. The largest absolute Gasteiger partial charge is 0.480 e. The molecular formula is C11H12ClN3O3. The van der Waals surface area contributed by atoms with Gasteiger partial charge in [0.05, 0.1) is 0 Å². The van der Waals surface area contributed by atoms with Crippen LogP contribution in [0.25, 0.3) is 0 Å². The quantitative estimate of drug-likeness (QED) is 0.872. The summed E-state index contributed by atoms with van der Waals surface area (Å²) in [5.41, 5.74) is 0.118. The average molecular weight is 270 g/mol. The third-order valence-corrected chi connectivity index (χ3v) is 3.10. The summed E-state index contributed by atoms with van der Waals surface area (Å²) in [5.74, 6) is -1.39. The molecule has 0 saturated carbocycles. The van der Waals surface area contributed by atoms with E-state index in [2.05, 4.69) is 10.2 Å². The summed E-state index contributed by atoms with van der Waals surface area (Å²) in [7, 11) is 0. The van der Waals surface area contributed by atoms with Gasteiger partial charge in [-0.3, -0.25) is 4.79 Å². The molecule has 1 aromatic rings. The Morgan fingerprint density at radius 1 is 1.33 bits per heavy atom. The number of halogens is 1. The van der Waals surface area contributed by atoms with Gasteiger partial charge in [0.15, 0.2) is 10.8 Å². The number of amides is 1. The predicted molar refractivity (Wildman–Crippen MR) is 63.4 cm³/mol. The molecule has 1 aliphatic rings. The van der Waals surface area contributed by atoms with E-state index in [1.54, 1.807) is 0 Å². The first kappa shape index (κ1) is 12.8. The number of hydrogen-bond acceptors (Lipinski definition) is 4. The van der Waals surface area contributed by atoms with Crippen LogP contribution in [0, 0.1) is 0 Å². The maximum Gasteiger partial charge on any atom is 0.326 e. The van der Waals surface area contributed by atoms with Crippen LogP contribution in [-0.4, -0.2) is 44.7 Å². The molecule has 1 saturated heterocycles. The third kappa shape index (κ3) is 2.59. The molecular weight excluding hydrogens is 258 g/mol. The Morgan fingerprint density at radius 3 is 2.72 bits per heavy atom. The fourth-order valence-corrected chi connectivity index (χ4v) is 2.11. The van der Waals surface area contributed by atoms with Crippen molar-refractivity contribution in [1.82, 2.24) is 15.1 Å². The van der Waals surface area contributed by atoms with Gasteiger partial charge in [-0.25, -0.2) is 4.79 Å². The first-order valence-corrected chi connectivity index (χ1v) is 6.00. The van der Waals surface area contributed by atoms with Crippen molar-refractivity contribution in [3.63, 3.8) is 0 Å². The molecule has 2 heterocycles. The highest BCUT2D eigenvalue weighted by atomic mass is 35.5. The number of carboxylic acid groups (broad SMARTS) is 1. The van der Waals surface area contributed by atoms with Gasteiger partial charge >= 0.3 is 5.97 Å². The smallest absolute Gasteiger partial charge is 0.326 e. The van der Waals surface area contributed by atoms with Crippen LogP contribution in [0.1, 0.15) is 29.8 Å². The summed E-state index contributed by atoms with van der Waals surface area (Å²) in [6.07, 6.45) is 2.09. The summed E-state index contributed by atoms with van der Waals surface area (Å²) in [5, 5.41) is 16.6. The minimum Gasteiger partial charge on any atom is -0.480 e. The standard InChI is InChI=1S/C11H12ClN3O3/c12-9-5-4-7(13-14-9)10(16)15-6-2-1-3-8(15)11(17)18/h4-5,8H,1-3,6H2,(H,17,18). The summed E-state index contributed by atoms with van der Waals surface area (Å²) >= 11 is 5.59. The van der Waals surface area contributed by atoms with Crippen molar-refractivity contribution < 1.29 is 14.7 Å². The number of likely N-dealkylation sites (tertiary alicyclic amines) is 1. The van der Waals surface area contributed by atoms with Gasteiger partial charge in [-0.05, 0) is 31.4 Å². The number of carboxylic acids is 1. The summed E-state index contributed by atoms with van der Waals surface area (Å²) < 4.78 is 0. The van der Waals surface area contributed by atoms with Crippen LogP contribution in [0.15, 0.2) is 12.1 Å². The Morgan fingerprint density at radius 2 is 2.11 bits per heavy atom. The van der Waals surface area contributed by atoms with E-state index >= 15 is 0 Å². The van der Waals surface area contributed by atoms with Gasteiger partial charge in [0.1, 0.15) is 6.04 Å². The van der Waals surface area contributed by atoms with Gasteiger partial charge < -0.3 is 10.0 Å². The second-order valence-corrected chi connectivity index (χ2v) is 4.48. The van der Waals surface area contributed by atoms with Crippen molar-refractivity contribution in [2.45, 2.75) is 25.3 Å². The molecule has 6 nitrogen and oxygen atoms in total. The Kier molecular flexibility index (Phi) is 3.76. The fraction of sp³-hybridized carbons (Fsp3) is 0.455. The molecule has 96 valence electrons. The molecule has 0 spiro atoms. The fourth-order valence-electron chi connectivity index (χ4n) is 2.01. The zero-order valence-electron chi connectivity index (χ0n) is 9.54. The lowest BCUT2D eigenvalue weighted by Crippen LogP contribution is -2.48.